The standard InChI is InChI=1S/C12H22O5.2C2H6O2/c1-3-5-7-12(11(15)16,9-10(13)14)17-8-6-4-2;2*3-1-2-4/h3-9H2,1-2H3,(H,13,14)(H,15,16);2*3-4H,1-2H2. The van der Waals surface area contributed by atoms with E-state index < -0.39 is 24.0 Å². The number of aliphatic hydroxyl groups is 4. The number of carbonyl (C=O) groups is 2. The third-order valence-corrected chi connectivity index (χ3v) is 2.84. The molecule has 0 aromatic rings. The van der Waals surface area contributed by atoms with Gasteiger partial charge in [0.2, 0.25) is 0 Å². The van der Waals surface area contributed by atoms with Crippen LogP contribution in [0, 0.1) is 0 Å². The van der Waals surface area contributed by atoms with E-state index in [2.05, 4.69) is 0 Å². The summed E-state index contributed by atoms with van der Waals surface area (Å²) in [5.41, 5.74) is -1.56. The Bertz CT molecular complexity index is 302. The monoisotopic (exact) mass is 370 g/mol. The van der Waals surface area contributed by atoms with Crippen LogP contribution in [0.1, 0.15) is 52.4 Å². The average Bonchev–Trinajstić information content (AvgIpc) is 2.59. The van der Waals surface area contributed by atoms with Gasteiger partial charge in [0.1, 0.15) is 0 Å². The summed E-state index contributed by atoms with van der Waals surface area (Å²) in [6.07, 6.45) is 2.84. The normalized spacial score (nSPS) is 12.1. The lowest BCUT2D eigenvalue weighted by molar-refractivity contribution is -0.174. The molecule has 0 fully saturated rings. The Balaban J connectivity index is -0.000000503. The van der Waals surface area contributed by atoms with Gasteiger partial charge in [0.15, 0.2) is 5.60 Å². The van der Waals surface area contributed by atoms with Gasteiger partial charge in [-0.3, -0.25) is 4.79 Å². The van der Waals surface area contributed by atoms with Crippen molar-refractivity contribution < 1.29 is 45.0 Å². The number of ether oxygens (including phenoxy) is 1. The summed E-state index contributed by atoms with van der Waals surface area (Å²) >= 11 is 0. The van der Waals surface area contributed by atoms with Crippen LogP contribution in [0.25, 0.3) is 0 Å². The van der Waals surface area contributed by atoms with E-state index in [9.17, 15) is 14.7 Å². The molecule has 25 heavy (non-hydrogen) atoms. The van der Waals surface area contributed by atoms with Crippen molar-refractivity contribution in [2.75, 3.05) is 33.0 Å². The molecule has 0 rings (SSSR count). The molecule has 0 aromatic carbocycles. The van der Waals surface area contributed by atoms with Gasteiger partial charge in [-0.05, 0) is 12.8 Å². The number of hydrogen-bond acceptors (Lipinski definition) is 7. The average molecular weight is 370 g/mol. The first-order valence-corrected chi connectivity index (χ1v) is 8.34. The molecule has 0 radical (unpaired) electrons. The molecule has 9 nitrogen and oxygen atoms in total. The predicted octanol–water partition coefficient (Wildman–Crippen LogP) is 0.233. The lowest BCUT2D eigenvalue weighted by atomic mass is 9.92. The molecular formula is C16H34O9. The van der Waals surface area contributed by atoms with Crippen LogP contribution in [0.15, 0.2) is 0 Å². The van der Waals surface area contributed by atoms with Crippen molar-refractivity contribution in [1.29, 1.82) is 0 Å². The SMILES string of the molecule is CCCCOC(CCCC)(CC(=O)O)C(=O)O.OCCO.OCCO. The van der Waals surface area contributed by atoms with Crippen LogP contribution in [0.5, 0.6) is 0 Å². The second-order valence-electron chi connectivity index (χ2n) is 5.07. The summed E-state index contributed by atoms with van der Waals surface area (Å²) in [6, 6.07) is 0. The number of unbranched alkanes of at least 4 members (excludes halogenated alkanes) is 2. The Kier molecular flexibility index (Phi) is 23.7. The van der Waals surface area contributed by atoms with E-state index in [1.54, 1.807) is 0 Å². The number of aliphatic hydroxyl groups excluding tert-OH is 4. The molecule has 1 unspecified atom stereocenters. The van der Waals surface area contributed by atoms with Crippen LogP contribution in [-0.2, 0) is 14.3 Å². The molecule has 1 atom stereocenters. The fourth-order valence-electron chi connectivity index (χ4n) is 1.57. The van der Waals surface area contributed by atoms with Crippen molar-refractivity contribution in [3.63, 3.8) is 0 Å². The predicted molar refractivity (Wildman–Crippen MR) is 91.3 cm³/mol. The highest BCUT2D eigenvalue weighted by Crippen LogP contribution is 2.25. The van der Waals surface area contributed by atoms with E-state index in [-0.39, 0.29) is 32.8 Å². The van der Waals surface area contributed by atoms with Gasteiger partial charge in [0.05, 0.1) is 32.8 Å². The van der Waals surface area contributed by atoms with Gasteiger partial charge in [-0.2, -0.15) is 0 Å². The summed E-state index contributed by atoms with van der Waals surface area (Å²) in [5.74, 6) is -2.32. The highest BCUT2D eigenvalue weighted by Gasteiger charge is 2.41. The van der Waals surface area contributed by atoms with Crippen LogP contribution in [0.4, 0.5) is 0 Å². The van der Waals surface area contributed by atoms with Crippen molar-refractivity contribution in [3.05, 3.63) is 0 Å². The summed E-state index contributed by atoms with van der Waals surface area (Å²) in [6.45, 7) is 3.69. The van der Waals surface area contributed by atoms with Crippen molar-refractivity contribution in [3.8, 4) is 0 Å². The fraction of sp³-hybridized carbons (Fsp3) is 0.875. The van der Waals surface area contributed by atoms with Crippen LogP contribution in [0.3, 0.4) is 0 Å². The molecule has 0 saturated carbocycles. The third kappa shape index (κ3) is 18.9. The summed E-state index contributed by atoms with van der Waals surface area (Å²) in [7, 11) is 0. The van der Waals surface area contributed by atoms with Crippen molar-refractivity contribution in [1.82, 2.24) is 0 Å². The van der Waals surface area contributed by atoms with E-state index in [0.29, 0.717) is 13.0 Å². The summed E-state index contributed by atoms with van der Waals surface area (Å²) in [5, 5.41) is 48.5. The molecule has 0 amide bonds. The molecule has 152 valence electrons. The Morgan fingerprint density at radius 2 is 1.28 bits per heavy atom. The Morgan fingerprint density at radius 3 is 1.56 bits per heavy atom. The Morgan fingerprint density at radius 1 is 0.840 bits per heavy atom. The second-order valence-corrected chi connectivity index (χ2v) is 5.07. The first-order valence-electron chi connectivity index (χ1n) is 8.34. The number of hydrogen-bond donors (Lipinski definition) is 6. The van der Waals surface area contributed by atoms with Crippen molar-refractivity contribution in [2.24, 2.45) is 0 Å². The molecule has 0 aliphatic carbocycles. The van der Waals surface area contributed by atoms with E-state index in [0.717, 1.165) is 19.3 Å². The van der Waals surface area contributed by atoms with Crippen LogP contribution in [0.2, 0.25) is 0 Å². The van der Waals surface area contributed by atoms with Gasteiger partial charge >= 0.3 is 11.9 Å². The molecular weight excluding hydrogens is 336 g/mol. The molecule has 6 N–H and O–H groups in total. The van der Waals surface area contributed by atoms with E-state index in [4.69, 9.17) is 30.3 Å². The molecule has 0 saturated heterocycles. The number of rotatable bonds is 12. The van der Waals surface area contributed by atoms with Crippen molar-refractivity contribution >= 4 is 11.9 Å². The highest BCUT2D eigenvalue weighted by atomic mass is 16.5. The smallest absolute Gasteiger partial charge is 0.336 e. The molecule has 0 aliphatic heterocycles. The van der Waals surface area contributed by atoms with Crippen molar-refractivity contribution in [2.45, 2.75) is 58.0 Å². The number of aliphatic carboxylic acids is 2. The quantitative estimate of drug-likeness (QED) is 0.264. The van der Waals surface area contributed by atoms with Gasteiger partial charge < -0.3 is 35.4 Å². The van der Waals surface area contributed by atoms with Crippen LogP contribution >= 0.6 is 0 Å². The molecule has 0 aromatic heterocycles. The topological polar surface area (TPSA) is 165 Å². The minimum atomic E-state index is -1.56. The molecule has 0 spiro atoms. The van der Waals surface area contributed by atoms with Gasteiger partial charge in [-0.1, -0.05) is 33.1 Å². The maximum Gasteiger partial charge on any atom is 0.336 e. The zero-order chi connectivity index (χ0) is 20.1. The van der Waals surface area contributed by atoms with E-state index in [1.807, 2.05) is 13.8 Å². The third-order valence-electron chi connectivity index (χ3n) is 2.84. The Hall–Kier alpha value is -1.26. The zero-order valence-corrected chi connectivity index (χ0v) is 15.2. The molecule has 0 heterocycles. The first kappa shape index (κ1) is 28.5. The lowest BCUT2D eigenvalue weighted by Gasteiger charge is -2.28. The highest BCUT2D eigenvalue weighted by molar-refractivity contribution is 5.83. The molecule has 0 bridgehead atoms. The first-order chi connectivity index (χ1) is 11.8. The maximum atomic E-state index is 11.3. The Labute approximate surface area is 148 Å². The molecule has 0 aliphatic rings. The molecule has 9 heteroatoms. The fourth-order valence-corrected chi connectivity index (χ4v) is 1.57. The minimum absolute atomic E-state index is 0.125. The van der Waals surface area contributed by atoms with E-state index >= 15 is 0 Å². The maximum absolute atomic E-state index is 11.3. The number of carboxylic acid groups (broad SMARTS) is 2. The largest absolute Gasteiger partial charge is 0.481 e. The summed E-state index contributed by atoms with van der Waals surface area (Å²) in [4.78, 5) is 22.0. The van der Waals surface area contributed by atoms with E-state index in [1.165, 1.54) is 0 Å². The zero-order valence-electron chi connectivity index (χ0n) is 15.2. The lowest BCUT2D eigenvalue weighted by Crippen LogP contribution is -2.44. The van der Waals surface area contributed by atoms with Crippen LogP contribution in [-0.4, -0.2) is 81.2 Å². The number of carboxylic acids is 2. The van der Waals surface area contributed by atoms with Gasteiger partial charge in [-0.15, -0.1) is 0 Å². The van der Waals surface area contributed by atoms with Gasteiger partial charge in [0.25, 0.3) is 0 Å². The second kappa shape index (κ2) is 20.8. The minimum Gasteiger partial charge on any atom is -0.481 e. The van der Waals surface area contributed by atoms with Gasteiger partial charge in [0, 0.05) is 6.61 Å². The summed E-state index contributed by atoms with van der Waals surface area (Å²) < 4.78 is 5.36. The van der Waals surface area contributed by atoms with Crippen LogP contribution < -0.4 is 0 Å². The van der Waals surface area contributed by atoms with Gasteiger partial charge in [-0.25, -0.2) is 4.79 Å².